The van der Waals surface area contributed by atoms with Gasteiger partial charge in [-0.3, -0.25) is 0 Å². The molecule has 0 saturated carbocycles. The summed E-state index contributed by atoms with van der Waals surface area (Å²) in [7, 11) is 0. The molecular formula is C16H24ClNO2. The zero-order valence-corrected chi connectivity index (χ0v) is 12.9. The Labute approximate surface area is 126 Å². The van der Waals surface area contributed by atoms with Gasteiger partial charge >= 0.3 is 0 Å². The van der Waals surface area contributed by atoms with Crippen molar-refractivity contribution in [3.8, 4) is 5.75 Å². The first-order valence-corrected chi connectivity index (χ1v) is 7.87. The molecule has 1 N–H and O–H groups in total. The topological polar surface area (TPSA) is 30.5 Å². The number of halogens is 1. The summed E-state index contributed by atoms with van der Waals surface area (Å²) in [4.78, 5) is 0. The van der Waals surface area contributed by atoms with E-state index in [4.69, 9.17) is 21.1 Å². The molecule has 1 aromatic rings. The van der Waals surface area contributed by atoms with E-state index in [9.17, 15) is 0 Å². The molecule has 0 radical (unpaired) electrons. The van der Waals surface area contributed by atoms with Gasteiger partial charge in [0, 0.05) is 30.3 Å². The zero-order chi connectivity index (χ0) is 14.2. The Bertz CT molecular complexity index is 405. The van der Waals surface area contributed by atoms with Crippen molar-refractivity contribution >= 4 is 11.6 Å². The first kappa shape index (κ1) is 15.6. The Morgan fingerprint density at radius 2 is 2.15 bits per heavy atom. The fourth-order valence-electron chi connectivity index (χ4n) is 2.36. The quantitative estimate of drug-likeness (QED) is 0.779. The lowest BCUT2D eigenvalue weighted by Gasteiger charge is -2.23. The van der Waals surface area contributed by atoms with Crippen molar-refractivity contribution in [3.63, 3.8) is 0 Å². The van der Waals surface area contributed by atoms with Crippen molar-refractivity contribution in [3.05, 3.63) is 28.8 Å². The number of hydrogen-bond donors (Lipinski definition) is 1. The second kappa shape index (κ2) is 8.50. The molecule has 0 atom stereocenters. The molecule has 0 amide bonds. The number of hydrogen-bond acceptors (Lipinski definition) is 3. The normalized spacial score (nSPS) is 16.3. The Morgan fingerprint density at radius 1 is 1.35 bits per heavy atom. The van der Waals surface area contributed by atoms with Crippen molar-refractivity contribution < 1.29 is 9.47 Å². The van der Waals surface area contributed by atoms with Gasteiger partial charge in [0.25, 0.3) is 0 Å². The van der Waals surface area contributed by atoms with E-state index in [1.807, 2.05) is 18.2 Å². The smallest absolute Gasteiger partial charge is 0.125 e. The molecule has 1 saturated heterocycles. The third-order valence-corrected chi connectivity index (χ3v) is 3.97. The van der Waals surface area contributed by atoms with Crippen molar-refractivity contribution in [1.82, 2.24) is 5.32 Å². The van der Waals surface area contributed by atoms with Crippen LogP contribution in [0.15, 0.2) is 18.2 Å². The molecule has 20 heavy (non-hydrogen) atoms. The third kappa shape index (κ3) is 4.65. The highest BCUT2D eigenvalue weighted by Gasteiger charge is 2.15. The summed E-state index contributed by atoms with van der Waals surface area (Å²) in [6.07, 6.45) is 3.29. The van der Waals surface area contributed by atoms with Gasteiger partial charge in [-0.1, -0.05) is 24.6 Å². The number of rotatable bonds is 7. The average Bonchev–Trinajstić information content (AvgIpc) is 2.48. The Balaban J connectivity index is 1.93. The van der Waals surface area contributed by atoms with E-state index in [2.05, 4.69) is 12.2 Å². The van der Waals surface area contributed by atoms with E-state index in [1.165, 1.54) is 0 Å². The van der Waals surface area contributed by atoms with Gasteiger partial charge in [-0.15, -0.1) is 0 Å². The molecule has 0 bridgehead atoms. The summed E-state index contributed by atoms with van der Waals surface area (Å²) in [5.74, 6) is 1.51. The number of nitrogens with one attached hydrogen (secondary N) is 1. The number of ether oxygens (including phenoxy) is 2. The minimum absolute atomic E-state index is 0.596. The molecule has 0 unspecified atom stereocenters. The lowest BCUT2D eigenvalue weighted by atomic mass is 10.0. The van der Waals surface area contributed by atoms with Crippen LogP contribution >= 0.6 is 11.6 Å². The van der Waals surface area contributed by atoms with Gasteiger partial charge in [-0.05, 0) is 43.9 Å². The van der Waals surface area contributed by atoms with Crippen LogP contribution in [-0.4, -0.2) is 26.4 Å². The fraction of sp³-hybridized carbons (Fsp3) is 0.625. The summed E-state index contributed by atoms with van der Waals surface area (Å²) in [5.41, 5.74) is 1.06. The van der Waals surface area contributed by atoms with Gasteiger partial charge in [0.05, 0.1) is 6.61 Å². The molecule has 4 heteroatoms. The molecule has 3 nitrogen and oxygen atoms in total. The van der Waals surface area contributed by atoms with Gasteiger partial charge in [-0.25, -0.2) is 0 Å². The van der Waals surface area contributed by atoms with Crippen LogP contribution in [0.1, 0.15) is 31.7 Å². The summed E-state index contributed by atoms with van der Waals surface area (Å²) in [6, 6.07) is 5.88. The summed E-state index contributed by atoms with van der Waals surface area (Å²) in [5, 5.41) is 4.16. The maximum Gasteiger partial charge on any atom is 0.125 e. The first-order chi connectivity index (χ1) is 9.81. The van der Waals surface area contributed by atoms with Gasteiger partial charge in [-0.2, -0.15) is 0 Å². The van der Waals surface area contributed by atoms with Crippen LogP contribution in [-0.2, 0) is 11.3 Å². The average molecular weight is 298 g/mol. The SMILES string of the molecule is CCCNCc1c(Cl)cccc1OCC1CCOCC1. The van der Waals surface area contributed by atoms with Crippen molar-refractivity contribution in [2.75, 3.05) is 26.4 Å². The van der Waals surface area contributed by atoms with Crippen LogP contribution in [0.2, 0.25) is 5.02 Å². The van der Waals surface area contributed by atoms with E-state index in [0.29, 0.717) is 5.92 Å². The number of benzene rings is 1. The first-order valence-electron chi connectivity index (χ1n) is 7.50. The van der Waals surface area contributed by atoms with Crippen LogP contribution in [0.25, 0.3) is 0 Å². The Morgan fingerprint density at radius 3 is 2.90 bits per heavy atom. The monoisotopic (exact) mass is 297 g/mol. The summed E-state index contributed by atoms with van der Waals surface area (Å²) >= 11 is 6.29. The van der Waals surface area contributed by atoms with Crippen LogP contribution in [0, 0.1) is 5.92 Å². The maximum atomic E-state index is 6.29. The van der Waals surface area contributed by atoms with E-state index in [0.717, 1.165) is 68.5 Å². The van der Waals surface area contributed by atoms with E-state index >= 15 is 0 Å². The molecule has 0 spiro atoms. The Kier molecular flexibility index (Phi) is 6.64. The van der Waals surface area contributed by atoms with Gasteiger partial charge in [0.15, 0.2) is 0 Å². The van der Waals surface area contributed by atoms with Crippen molar-refractivity contribution in [2.24, 2.45) is 5.92 Å². The van der Waals surface area contributed by atoms with Crippen LogP contribution in [0.3, 0.4) is 0 Å². The van der Waals surface area contributed by atoms with Crippen LogP contribution < -0.4 is 10.1 Å². The molecule has 0 aromatic heterocycles. The van der Waals surface area contributed by atoms with Crippen LogP contribution in [0.5, 0.6) is 5.75 Å². The maximum absolute atomic E-state index is 6.29. The molecule has 1 aliphatic rings. The second-order valence-corrected chi connectivity index (χ2v) is 5.67. The molecular weight excluding hydrogens is 274 g/mol. The van der Waals surface area contributed by atoms with Crippen molar-refractivity contribution in [2.45, 2.75) is 32.7 Å². The van der Waals surface area contributed by atoms with Crippen LogP contribution in [0.4, 0.5) is 0 Å². The Hall–Kier alpha value is -0.770. The third-order valence-electron chi connectivity index (χ3n) is 3.62. The minimum Gasteiger partial charge on any atom is -0.493 e. The summed E-state index contributed by atoms with van der Waals surface area (Å²) < 4.78 is 11.4. The highest BCUT2D eigenvalue weighted by Crippen LogP contribution is 2.27. The second-order valence-electron chi connectivity index (χ2n) is 5.26. The molecule has 1 heterocycles. The van der Waals surface area contributed by atoms with Gasteiger partial charge in [0.1, 0.15) is 5.75 Å². The molecule has 2 rings (SSSR count). The fourth-order valence-corrected chi connectivity index (χ4v) is 2.59. The lowest BCUT2D eigenvalue weighted by Crippen LogP contribution is -2.22. The standard InChI is InChI=1S/C16H24ClNO2/c1-2-8-18-11-14-15(17)4-3-5-16(14)20-12-13-6-9-19-10-7-13/h3-5,13,18H,2,6-12H2,1H3. The van der Waals surface area contributed by atoms with E-state index in [-0.39, 0.29) is 0 Å². The highest BCUT2D eigenvalue weighted by atomic mass is 35.5. The van der Waals surface area contributed by atoms with E-state index < -0.39 is 0 Å². The minimum atomic E-state index is 0.596. The zero-order valence-electron chi connectivity index (χ0n) is 12.2. The predicted molar refractivity (Wildman–Crippen MR) is 82.5 cm³/mol. The van der Waals surface area contributed by atoms with Crippen molar-refractivity contribution in [1.29, 1.82) is 0 Å². The summed E-state index contributed by atoms with van der Waals surface area (Å²) in [6.45, 7) is 6.37. The largest absolute Gasteiger partial charge is 0.493 e. The molecule has 0 aliphatic carbocycles. The van der Waals surface area contributed by atoms with Gasteiger partial charge < -0.3 is 14.8 Å². The lowest BCUT2D eigenvalue weighted by molar-refractivity contribution is 0.0496. The predicted octanol–water partition coefficient (Wildman–Crippen LogP) is 3.65. The van der Waals surface area contributed by atoms with E-state index in [1.54, 1.807) is 0 Å². The molecule has 1 aromatic carbocycles. The molecule has 1 aliphatic heterocycles. The molecule has 112 valence electrons. The van der Waals surface area contributed by atoms with Gasteiger partial charge in [0.2, 0.25) is 0 Å². The highest BCUT2D eigenvalue weighted by molar-refractivity contribution is 6.31. The molecule has 1 fully saturated rings.